The second kappa shape index (κ2) is 8.02. The van der Waals surface area contributed by atoms with Gasteiger partial charge in [0.1, 0.15) is 6.10 Å². The highest BCUT2D eigenvalue weighted by Gasteiger charge is 2.33. The van der Waals surface area contributed by atoms with E-state index in [0.29, 0.717) is 25.4 Å². The second-order valence-corrected chi connectivity index (χ2v) is 9.22. The summed E-state index contributed by atoms with van der Waals surface area (Å²) in [7, 11) is 0. The van der Waals surface area contributed by atoms with E-state index in [0.717, 1.165) is 60.0 Å². The van der Waals surface area contributed by atoms with E-state index in [1.165, 1.54) is 0 Å². The van der Waals surface area contributed by atoms with Crippen LogP contribution in [0, 0.1) is 6.92 Å². The zero-order valence-electron chi connectivity index (χ0n) is 17.0. The summed E-state index contributed by atoms with van der Waals surface area (Å²) in [6.07, 6.45) is 4.65. The summed E-state index contributed by atoms with van der Waals surface area (Å²) in [5.41, 5.74) is 2.75. The molecule has 9 heteroatoms. The van der Waals surface area contributed by atoms with Gasteiger partial charge in [0, 0.05) is 49.7 Å². The van der Waals surface area contributed by atoms with Crippen molar-refractivity contribution in [2.45, 2.75) is 62.8 Å². The first kappa shape index (κ1) is 19.5. The fraction of sp³-hybridized carbons (Fsp3) is 0.571. The maximum absolute atomic E-state index is 12.9. The number of carbonyl (C=O) groups excluding carboxylic acids is 1. The van der Waals surface area contributed by atoms with Crippen molar-refractivity contribution >= 4 is 17.7 Å². The third kappa shape index (κ3) is 3.71. The van der Waals surface area contributed by atoms with Gasteiger partial charge in [-0.3, -0.25) is 14.2 Å². The largest absolute Gasteiger partial charge is 0.473 e. The minimum absolute atomic E-state index is 0.0447. The van der Waals surface area contributed by atoms with Gasteiger partial charge < -0.3 is 9.64 Å². The molecule has 0 spiro atoms. The number of piperidine rings is 1. The molecule has 8 nitrogen and oxygen atoms in total. The van der Waals surface area contributed by atoms with E-state index >= 15 is 0 Å². The molecule has 1 atom stereocenters. The molecule has 158 valence electrons. The summed E-state index contributed by atoms with van der Waals surface area (Å²) >= 11 is 1.60. The lowest BCUT2D eigenvalue weighted by atomic mass is 10.1. The molecule has 5 rings (SSSR count). The maximum Gasteiger partial charge on any atom is 0.257 e. The van der Waals surface area contributed by atoms with E-state index in [4.69, 9.17) is 9.72 Å². The number of aryl methyl sites for hydroxylation is 2. The highest BCUT2D eigenvalue weighted by atomic mass is 32.2. The molecule has 2 aliphatic heterocycles. The van der Waals surface area contributed by atoms with E-state index < -0.39 is 0 Å². The van der Waals surface area contributed by atoms with E-state index in [-0.39, 0.29) is 23.6 Å². The Bertz CT molecular complexity index is 1010. The molecule has 1 saturated heterocycles. The van der Waals surface area contributed by atoms with Gasteiger partial charge in [0.25, 0.3) is 5.56 Å². The average Bonchev–Trinajstić information content (AvgIpc) is 3.38. The predicted molar refractivity (Wildman–Crippen MR) is 112 cm³/mol. The van der Waals surface area contributed by atoms with Gasteiger partial charge in [-0.15, -0.1) is 5.10 Å². The highest BCUT2D eigenvalue weighted by molar-refractivity contribution is 7.99. The van der Waals surface area contributed by atoms with Crippen molar-refractivity contribution < 1.29 is 9.53 Å². The van der Waals surface area contributed by atoms with Crippen molar-refractivity contribution in [2.75, 3.05) is 18.8 Å². The zero-order chi connectivity index (χ0) is 20.7. The Labute approximate surface area is 179 Å². The highest BCUT2D eigenvalue weighted by Crippen LogP contribution is 2.34. The molecule has 0 bridgehead atoms. The Morgan fingerprint density at radius 3 is 2.83 bits per heavy atom. The topological polar surface area (TPSA) is 90.2 Å². The normalized spacial score (nSPS) is 20.8. The Morgan fingerprint density at radius 1 is 1.23 bits per heavy atom. The Balaban J connectivity index is 1.19. The first-order valence-corrected chi connectivity index (χ1v) is 11.6. The van der Waals surface area contributed by atoms with Gasteiger partial charge in [-0.05, 0) is 32.3 Å². The predicted octanol–water partition coefficient (Wildman–Crippen LogP) is 1.94. The summed E-state index contributed by atoms with van der Waals surface area (Å²) in [5, 5.41) is 8.86. The number of aromatic nitrogens is 4. The minimum atomic E-state index is -0.0970. The molecule has 2 aromatic heterocycles. The van der Waals surface area contributed by atoms with Gasteiger partial charge in [-0.1, -0.05) is 11.8 Å². The van der Waals surface area contributed by atoms with Crippen molar-refractivity contribution in [3.05, 3.63) is 39.4 Å². The molecule has 1 unspecified atom stereocenters. The quantitative estimate of drug-likeness (QED) is 0.689. The van der Waals surface area contributed by atoms with Gasteiger partial charge in [0.05, 0.1) is 17.4 Å². The number of hydrogen-bond acceptors (Lipinski definition) is 7. The molecular weight excluding hydrogens is 402 g/mol. The second-order valence-electron chi connectivity index (χ2n) is 8.23. The van der Waals surface area contributed by atoms with E-state index in [9.17, 15) is 9.59 Å². The third-order valence-electron chi connectivity index (χ3n) is 6.14. The lowest BCUT2D eigenvalue weighted by molar-refractivity contribution is -0.133. The molecule has 3 aliphatic rings. The molecular formula is C21H25N5O3S. The van der Waals surface area contributed by atoms with Gasteiger partial charge in [0.15, 0.2) is 5.16 Å². The zero-order valence-corrected chi connectivity index (χ0v) is 17.9. The first-order chi connectivity index (χ1) is 14.6. The minimum Gasteiger partial charge on any atom is -0.473 e. The number of nitrogens with zero attached hydrogens (tertiary/aromatic N) is 5. The Kier molecular flexibility index (Phi) is 5.22. The lowest BCUT2D eigenvalue weighted by Crippen LogP contribution is -2.43. The molecule has 0 saturated carbocycles. The molecule has 1 aliphatic carbocycles. The molecule has 4 heterocycles. The third-order valence-corrected chi connectivity index (χ3v) is 7.24. The Hall–Kier alpha value is -2.42. The van der Waals surface area contributed by atoms with Gasteiger partial charge in [-0.2, -0.15) is 5.10 Å². The van der Waals surface area contributed by atoms with E-state index in [1.54, 1.807) is 16.3 Å². The molecule has 1 amide bonds. The number of ether oxygens (including phenoxy) is 1. The van der Waals surface area contributed by atoms with Crippen LogP contribution in [0.25, 0.3) is 0 Å². The standard InChI is InChI=1S/C21H25N5O3S/c1-13-5-6-18(24-23-13)29-15-7-9-25(10-8-15)19(27)11-14-12-30-21-22-17-4-2-3-16(17)20(28)26(14)21/h5-6,14-15H,2-4,7-12H2,1H3. The van der Waals surface area contributed by atoms with Crippen LogP contribution in [0.4, 0.5) is 0 Å². The SMILES string of the molecule is Cc1ccc(OC2CCN(C(=O)CC3CSc4nc5c(c(=O)n43)CCC5)CC2)nn1. The first-order valence-electron chi connectivity index (χ1n) is 10.6. The fourth-order valence-corrected chi connectivity index (χ4v) is 5.63. The summed E-state index contributed by atoms with van der Waals surface area (Å²) < 4.78 is 7.68. The number of fused-ring (bicyclic) bond motifs is 2. The van der Waals surface area contributed by atoms with E-state index in [1.807, 2.05) is 24.0 Å². The monoisotopic (exact) mass is 427 g/mol. The van der Waals surface area contributed by atoms with Crippen molar-refractivity contribution in [1.29, 1.82) is 0 Å². The summed E-state index contributed by atoms with van der Waals surface area (Å²) in [6.45, 7) is 3.21. The number of likely N-dealkylation sites (tertiary alicyclic amines) is 1. The van der Waals surface area contributed by atoms with Crippen LogP contribution in [0.1, 0.15) is 48.7 Å². The smallest absolute Gasteiger partial charge is 0.257 e. The van der Waals surface area contributed by atoms with Crippen molar-refractivity contribution in [1.82, 2.24) is 24.6 Å². The van der Waals surface area contributed by atoms with Crippen LogP contribution in [-0.2, 0) is 17.6 Å². The number of amides is 1. The van der Waals surface area contributed by atoms with Crippen molar-refractivity contribution in [3.8, 4) is 5.88 Å². The van der Waals surface area contributed by atoms with Crippen LogP contribution in [-0.4, -0.2) is 55.5 Å². The number of hydrogen-bond donors (Lipinski definition) is 0. The average molecular weight is 428 g/mol. The summed E-state index contributed by atoms with van der Waals surface area (Å²) in [4.78, 5) is 32.4. The Morgan fingerprint density at radius 2 is 2.07 bits per heavy atom. The van der Waals surface area contributed by atoms with Crippen LogP contribution < -0.4 is 10.3 Å². The van der Waals surface area contributed by atoms with Crippen LogP contribution in [0.2, 0.25) is 0 Å². The van der Waals surface area contributed by atoms with Crippen LogP contribution in [0.5, 0.6) is 5.88 Å². The lowest BCUT2D eigenvalue weighted by Gasteiger charge is -2.32. The number of carbonyl (C=O) groups is 1. The molecule has 2 aromatic rings. The van der Waals surface area contributed by atoms with Gasteiger partial charge in [-0.25, -0.2) is 4.98 Å². The molecule has 0 aromatic carbocycles. The van der Waals surface area contributed by atoms with Crippen molar-refractivity contribution in [3.63, 3.8) is 0 Å². The molecule has 0 radical (unpaired) electrons. The molecule has 1 fully saturated rings. The fourth-order valence-electron chi connectivity index (χ4n) is 4.48. The molecule has 0 N–H and O–H groups in total. The van der Waals surface area contributed by atoms with E-state index in [2.05, 4.69) is 10.2 Å². The summed E-state index contributed by atoms with van der Waals surface area (Å²) in [6, 6.07) is 3.61. The maximum atomic E-state index is 12.9. The molecule has 30 heavy (non-hydrogen) atoms. The van der Waals surface area contributed by atoms with Crippen LogP contribution in [0.15, 0.2) is 22.1 Å². The van der Waals surface area contributed by atoms with Gasteiger partial charge >= 0.3 is 0 Å². The van der Waals surface area contributed by atoms with Crippen LogP contribution >= 0.6 is 11.8 Å². The summed E-state index contributed by atoms with van der Waals surface area (Å²) in [5.74, 6) is 1.38. The number of rotatable bonds is 4. The van der Waals surface area contributed by atoms with Crippen LogP contribution in [0.3, 0.4) is 0 Å². The van der Waals surface area contributed by atoms with Gasteiger partial charge in [0.2, 0.25) is 11.8 Å². The number of thioether (sulfide) groups is 1. The van der Waals surface area contributed by atoms with Crippen molar-refractivity contribution in [2.24, 2.45) is 0 Å².